The van der Waals surface area contributed by atoms with Gasteiger partial charge in [0.25, 0.3) is 5.91 Å². The maximum atomic E-state index is 14.0. The number of thioether (sulfide) groups is 1. The van der Waals surface area contributed by atoms with Crippen molar-refractivity contribution in [2.24, 2.45) is 5.92 Å². The maximum absolute atomic E-state index is 14.0. The molecule has 2 N–H and O–H groups in total. The molecule has 3 aromatic rings. The third kappa shape index (κ3) is 6.97. The number of hydrogen-bond acceptors (Lipinski definition) is 5. The van der Waals surface area contributed by atoms with E-state index in [1.165, 1.54) is 30.0 Å². The molecule has 0 fully saturated rings. The predicted octanol–water partition coefficient (Wildman–Crippen LogP) is 6.36. The quantitative estimate of drug-likeness (QED) is 0.278. The van der Waals surface area contributed by atoms with Gasteiger partial charge in [-0.05, 0) is 49.2 Å². The Bertz CT molecular complexity index is 1240. The SMILES string of the molecule is CCn1c(SCC(=O)Nc2ccc(Br)cc2F)nnc1[C@H](NC(=O)c1ccc(Cl)cc1Cl)C(C)C. The second kappa shape index (κ2) is 12.2. The zero-order valence-electron chi connectivity index (χ0n) is 19.1. The smallest absolute Gasteiger partial charge is 0.253 e. The topological polar surface area (TPSA) is 88.9 Å². The van der Waals surface area contributed by atoms with Crippen molar-refractivity contribution in [3.63, 3.8) is 0 Å². The van der Waals surface area contributed by atoms with Gasteiger partial charge in [-0.3, -0.25) is 9.59 Å². The van der Waals surface area contributed by atoms with E-state index in [1.54, 1.807) is 18.2 Å². The monoisotopic (exact) mass is 601 g/mol. The lowest BCUT2D eigenvalue weighted by molar-refractivity contribution is -0.113. The van der Waals surface area contributed by atoms with Gasteiger partial charge in [0.1, 0.15) is 5.82 Å². The molecule has 2 amide bonds. The average Bonchev–Trinajstić information content (AvgIpc) is 3.20. The summed E-state index contributed by atoms with van der Waals surface area (Å²) >= 11 is 16.5. The lowest BCUT2D eigenvalue weighted by atomic mass is 10.0. The summed E-state index contributed by atoms with van der Waals surface area (Å²) < 4.78 is 16.4. The van der Waals surface area contributed by atoms with Crippen molar-refractivity contribution in [1.29, 1.82) is 0 Å². The van der Waals surface area contributed by atoms with Gasteiger partial charge in [0.15, 0.2) is 11.0 Å². The molecule has 0 spiro atoms. The molecule has 186 valence electrons. The molecule has 7 nitrogen and oxygen atoms in total. The summed E-state index contributed by atoms with van der Waals surface area (Å²) in [5.74, 6) is -0.722. The van der Waals surface area contributed by atoms with Crippen LogP contribution in [0, 0.1) is 11.7 Å². The van der Waals surface area contributed by atoms with E-state index in [0.717, 1.165) is 0 Å². The number of benzene rings is 2. The zero-order valence-corrected chi connectivity index (χ0v) is 23.0. The molecule has 0 aliphatic rings. The van der Waals surface area contributed by atoms with Crippen molar-refractivity contribution in [2.75, 3.05) is 11.1 Å². The van der Waals surface area contributed by atoms with E-state index >= 15 is 0 Å². The standard InChI is InChI=1S/C23H23BrCl2FN5O2S/c1-4-32-21(20(12(2)3)29-22(34)15-7-6-14(25)10-16(15)26)30-31-23(32)35-11-19(33)28-18-8-5-13(24)9-17(18)27/h5-10,12,20H,4,11H2,1-3H3,(H,28,33)(H,29,34)/t20-/m1/s1. The molecule has 1 atom stereocenters. The fraction of sp³-hybridized carbons (Fsp3) is 0.304. The summed E-state index contributed by atoms with van der Waals surface area (Å²) in [6.07, 6.45) is 0. The Hall–Kier alpha value is -2.14. The molecule has 0 aliphatic heterocycles. The van der Waals surface area contributed by atoms with Crippen molar-refractivity contribution in [2.45, 2.75) is 38.5 Å². The summed E-state index contributed by atoms with van der Waals surface area (Å²) in [6, 6.07) is 8.62. The van der Waals surface area contributed by atoms with E-state index in [0.29, 0.717) is 32.6 Å². The van der Waals surface area contributed by atoms with Crippen LogP contribution in [-0.2, 0) is 11.3 Å². The third-order valence-electron chi connectivity index (χ3n) is 5.01. The summed E-state index contributed by atoms with van der Waals surface area (Å²) in [4.78, 5) is 25.3. The Morgan fingerprint density at radius 3 is 2.54 bits per heavy atom. The van der Waals surface area contributed by atoms with Crippen LogP contribution in [0.25, 0.3) is 0 Å². The Labute approximate surface area is 225 Å². The lowest BCUT2D eigenvalue weighted by Crippen LogP contribution is -2.34. The molecule has 0 saturated heterocycles. The minimum atomic E-state index is -0.534. The van der Waals surface area contributed by atoms with Gasteiger partial charge >= 0.3 is 0 Å². The number of hydrogen-bond donors (Lipinski definition) is 2. The average molecular weight is 603 g/mol. The number of anilines is 1. The highest BCUT2D eigenvalue weighted by Crippen LogP contribution is 2.27. The molecule has 0 bridgehead atoms. The van der Waals surface area contributed by atoms with Gasteiger partial charge in [-0.15, -0.1) is 10.2 Å². The van der Waals surface area contributed by atoms with Crippen LogP contribution in [-0.4, -0.2) is 32.3 Å². The zero-order chi connectivity index (χ0) is 25.7. The van der Waals surface area contributed by atoms with Crippen molar-refractivity contribution in [3.8, 4) is 0 Å². The first-order valence-electron chi connectivity index (χ1n) is 10.7. The van der Waals surface area contributed by atoms with Crippen molar-refractivity contribution >= 4 is 68.4 Å². The first-order chi connectivity index (χ1) is 16.6. The van der Waals surface area contributed by atoms with Crippen LogP contribution < -0.4 is 10.6 Å². The highest BCUT2D eigenvalue weighted by atomic mass is 79.9. The fourth-order valence-electron chi connectivity index (χ4n) is 3.26. The van der Waals surface area contributed by atoms with Gasteiger partial charge in [-0.1, -0.05) is 64.7 Å². The Balaban J connectivity index is 1.73. The minimum Gasteiger partial charge on any atom is -0.342 e. The van der Waals surface area contributed by atoms with E-state index in [9.17, 15) is 14.0 Å². The molecule has 12 heteroatoms. The Kier molecular flexibility index (Phi) is 9.57. The summed E-state index contributed by atoms with van der Waals surface area (Å²) in [5, 5.41) is 15.3. The van der Waals surface area contributed by atoms with Crippen LogP contribution in [0.5, 0.6) is 0 Å². The number of aromatic nitrogens is 3. The van der Waals surface area contributed by atoms with Gasteiger partial charge < -0.3 is 15.2 Å². The van der Waals surface area contributed by atoms with E-state index in [-0.39, 0.29) is 34.2 Å². The number of halogens is 4. The number of nitrogens with zero attached hydrogens (tertiary/aromatic N) is 3. The van der Waals surface area contributed by atoms with E-state index in [4.69, 9.17) is 23.2 Å². The molecule has 0 unspecified atom stereocenters. The van der Waals surface area contributed by atoms with Crippen LogP contribution in [0.4, 0.5) is 10.1 Å². The van der Waals surface area contributed by atoms with E-state index in [1.807, 2.05) is 25.3 Å². The van der Waals surface area contributed by atoms with E-state index < -0.39 is 11.9 Å². The molecular weight excluding hydrogens is 580 g/mol. The van der Waals surface area contributed by atoms with Gasteiger partial charge in [0.2, 0.25) is 5.91 Å². The summed E-state index contributed by atoms with van der Waals surface area (Å²) in [7, 11) is 0. The van der Waals surface area contributed by atoms with E-state index in [2.05, 4.69) is 36.8 Å². The number of nitrogens with one attached hydrogen (secondary N) is 2. The first-order valence-corrected chi connectivity index (χ1v) is 13.2. The summed E-state index contributed by atoms with van der Waals surface area (Å²) in [6.45, 7) is 6.35. The molecule has 2 aromatic carbocycles. The first kappa shape index (κ1) is 27.4. The van der Waals surface area contributed by atoms with Gasteiger partial charge in [0.05, 0.1) is 28.1 Å². The van der Waals surface area contributed by atoms with Crippen LogP contribution >= 0.6 is 50.9 Å². The maximum Gasteiger partial charge on any atom is 0.253 e. The molecule has 3 rings (SSSR count). The summed E-state index contributed by atoms with van der Waals surface area (Å²) in [5.41, 5.74) is 0.399. The second-order valence-corrected chi connectivity index (χ2v) is 10.6. The normalized spacial score (nSPS) is 12.0. The molecule has 1 heterocycles. The lowest BCUT2D eigenvalue weighted by Gasteiger charge is -2.22. The second-order valence-electron chi connectivity index (χ2n) is 7.87. The Morgan fingerprint density at radius 1 is 1.17 bits per heavy atom. The van der Waals surface area contributed by atoms with Crippen LogP contribution in [0.2, 0.25) is 10.0 Å². The largest absolute Gasteiger partial charge is 0.342 e. The third-order valence-corrected chi connectivity index (χ3v) is 7.01. The number of amides is 2. The molecule has 35 heavy (non-hydrogen) atoms. The predicted molar refractivity (Wildman–Crippen MR) is 141 cm³/mol. The number of rotatable bonds is 9. The van der Waals surface area contributed by atoms with Gasteiger partial charge in [-0.25, -0.2) is 4.39 Å². The van der Waals surface area contributed by atoms with Gasteiger partial charge in [-0.2, -0.15) is 0 Å². The van der Waals surface area contributed by atoms with Crippen LogP contribution in [0.1, 0.15) is 43.0 Å². The van der Waals surface area contributed by atoms with Crippen molar-refractivity contribution in [3.05, 3.63) is 68.1 Å². The highest BCUT2D eigenvalue weighted by Gasteiger charge is 2.27. The van der Waals surface area contributed by atoms with Crippen molar-refractivity contribution < 1.29 is 14.0 Å². The molecule has 0 saturated carbocycles. The van der Waals surface area contributed by atoms with Gasteiger partial charge in [0, 0.05) is 16.0 Å². The molecule has 0 radical (unpaired) electrons. The minimum absolute atomic E-state index is 0.00667. The number of carbonyl (C=O) groups is 2. The number of carbonyl (C=O) groups excluding carboxylic acids is 2. The molecule has 0 aliphatic carbocycles. The van der Waals surface area contributed by atoms with Crippen LogP contribution in [0.3, 0.4) is 0 Å². The molecular formula is C23H23BrCl2FN5O2S. The Morgan fingerprint density at radius 2 is 1.91 bits per heavy atom. The molecule has 1 aromatic heterocycles. The fourth-order valence-corrected chi connectivity index (χ4v) is 4.90. The van der Waals surface area contributed by atoms with Crippen molar-refractivity contribution in [1.82, 2.24) is 20.1 Å². The van der Waals surface area contributed by atoms with Crippen LogP contribution in [0.15, 0.2) is 46.0 Å². The highest BCUT2D eigenvalue weighted by molar-refractivity contribution is 9.10.